The number of fused-ring (bicyclic) bond motifs is 4. The molecule has 0 radical (unpaired) electrons. The van der Waals surface area contributed by atoms with Gasteiger partial charge in [0.1, 0.15) is 23.9 Å². The number of carbonyl (C=O) groups is 4. The van der Waals surface area contributed by atoms with E-state index in [1.54, 1.807) is 6.08 Å². The lowest BCUT2D eigenvalue weighted by molar-refractivity contribution is -0.125. The first-order valence-corrected chi connectivity index (χ1v) is 14.9. The summed E-state index contributed by atoms with van der Waals surface area (Å²) in [5.74, 6) is -6.93. The van der Waals surface area contributed by atoms with Crippen molar-refractivity contribution < 1.29 is 43.1 Å². The van der Waals surface area contributed by atoms with Gasteiger partial charge in [-0.2, -0.15) is 0 Å². The van der Waals surface area contributed by atoms with Crippen LogP contribution in [0, 0.1) is 23.6 Å². The third-order valence-corrected chi connectivity index (χ3v) is 10.9. The molecule has 0 spiro atoms. The van der Waals surface area contributed by atoms with E-state index >= 15 is 0 Å². The predicted octanol–water partition coefficient (Wildman–Crippen LogP) is 2.36. The smallest absolute Gasteiger partial charge is 0.463 e. The van der Waals surface area contributed by atoms with Gasteiger partial charge in [-0.3, -0.25) is 24.1 Å². The van der Waals surface area contributed by atoms with Gasteiger partial charge in [-0.25, -0.2) is 9.29 Å². The van der Waals surface area contributed by atoms with Crippen LogP contribution in [0.25, 0.3) is 0 Å². The maximum absolute atomic E-state index is 14.3. The number of alkyl halides is 2. The highest BCUT2D eigenvalue weighted by molar-refractivity contribution is 6.59. The van der Waals surface area contributed by atoms with Crippen LogP contribution in [-0.4, -0.2) is 55.7 Å². The van der Waals surface area contributed by atoms with Gasteiger partial charge in [0, 0.05) is 0 Å². The topological polar surface area (TPSA) is 149 Å². The molecule has 10 nitrogen and oxygen atoms in total. The summed E-state index contributed by atoms with van der Waals surface area (Å²) in [5, 5.41) is 29.1. The molecular weight excluding hydrogens is 629 g/mol. The average molecular weight is 653 g/mol. The lowest BCUT2D eigenvalue weighted by Crippen LogP contribution is -2.60. The molecule has 1 saturated carbocycles. The fraction of sp³-hybridized carbons (Fsp3) is 0.290. The Labute approximate surface area is 265 Å². The molecule has 0 bridgehead atoms. The van der Waals surface area contributed by atoms with E-state index in [-0.39, 0.29) is 41.2 Å². The zero-order chi connectivity index (χ0) is 32.0. The number of imide groups is 2. The minimum absolute atomic E-state index is 0.0502. The highest BCUT2D eigenvalue weighted by Crippen LogP contribution is 2.66. The summed E-state index contributed by atoms with van der Waals surface area (Å²) < 4.78 is 19.7. The van der Waals surface area contributed by atoms with Gasteiger partial charge in [-0.05, 0) is 72.8 Å². The molecule has 230 valence electrons. The monoisotopic (exact) mass is 652 g/mol. The van der Waals surface area contributed by atoms with Crippen LogP contribution in [0.5, 0.6) is 0 Å². The second-order valence-corrected chi connectivity index (χ2v) is 12.9. The Morgan fingerprint density at radius 2 is 1.64 bits per heavy atom. The predicted molar refractivity (Wildman–Crippen MR) is 160 cm³/mol. The van der Waals surface area contributed by atoms with Crippen LogP contribution in [0.4, 0.5) is 15.8 Å². The van der Waals surface area contributed by atoms with Crippen LogP contribution in [0.15, 0.2) is 76.7 Å². The molecule has 4 aliphatic rings. The third-order valence-electron chi connectivity index (χ3n) is 9.45. The number of carbonyl (C=O) groups excluding carboxylic acids is 4. The number of aliphatic hydroxyl groups is 1. The van der Waals surface area contributed by atoms with Gasteiger partial charge in [0.25, 0.3) is 11.8 Å². The Morgan fingerprint density at radius 1 is 0.911 bits per heavy atom. The number of aliphatic hydroxyl groups excluding tert-OH is 1. The van der Waals surface area contributed by atoms with Gasteiger partial charge in [0.15, 0.2) is 9.75 Å². The van der Waals surface area contributed by atoms with E-state index in [1.165, 1.54) is 48.5 Å². The van der Waals surface area contributed by atoms with Gasteiger partial charge in [-0.15, -0.1) is 23.2 Å². The highest BCUT2D eigenvalue weighted by atomic mass is 35.5. The fourth-order valence-corrected chi connectivity index (χ4v) is 8.34. The molecule has 2 aliphatic heterocycles. The molecule has 1 aromatic heterocycles. The van der Waals surface area contributed by atoms with Crippen molar-refractivity contribution >= 4 is 70.8 Å². The molecule has 2 aromatic carbocycles. The number of hydrogen-bond acceptors (Lipinski definition) is 8. The summed E-state index contributed by atoms with van der Waals surface area (Å²) >= 11 is 14.5. The van der Waals surface area contributed by atoms with Gasteiger partial charge < -0.3 is 19.6 Å². The first kappa shape index (κ1) is 29.9. The van der Waals surface area contributed by atoms with E-state index in [9.17, 15) is 38.7 Å². The highest BCUT2D eigenvalue weighted by Gasteiger charge is 2.77. The Bertz CT molecular complexity index is 1810. The fourth-order valence-electron chi connectivity index (χ4n) is 7.42. The molecule has 4 amide bonds. The summed E-state index contributed by atoms with van der Waals surface area (Å²) in [6, 6.07) is 13.5. The molecule has 14 heteroatoms. The molecule has 2 saturated heterocycles. The van der Waals surface area contributed by atoms with E-state index in [1.807, 2.05) is 0 Å². The summed E-state index contributed by atoms with van der Waals surface area (Å²) in [4.78, 5) is 53.9. The Kier molecular flexibility index (Phi) is 6.88. The summed E-state index contributed by atoms with van der Waals surface area (Å²) in [5.41, 5.74) is 0.777. The molecule has 0 unspecified atom stereocenters. The van der Waals surface area contributed by atoms with E-state index < -0.39 is 76.6 Å². The van der Waals surface area contributed by atoms with Crippen molar-refractivity contribution in [2.75, 3.05) is 9.80 Å². The van der Waals surface area contributed by atoms with Gasteiger partial charge in [0.2, 0.25) is 11.8 Å². The molecule has 3 aromatic rings. The van der Waals surface area contributed by atoms with Crippen LogP contribution in [-0.2, 0) is 25.8 Å². The van der Waals surface area contributed by atoms with Crippen molar-refractivity contribution in [2.24, 2.45) is 17.8 Å². The normalized spacial score (nSPS) is 30.8. The van der Waals surface area contributed by atoms with Gasteiger partial charge >= 0.3 is 7.12 Å². The maximum Gasteiger partial charge on any atom is 0.488 e. The first-order valence-electron chi connectivity index (χ1n) is 14.2. The number of nitrogens with zero attached hydrogens (tertiary/aromatic N) is 2. The molecule has 6 atom stereocenters. The quantitative estimate of drug-likeness (QED) is 0.165. The van der Waals surface area contributed by atoms with Crippen molar-refractivity contribution in [1.82, 2.24) is 0 Å². The Balaban J connectivity index is 1.37. The van der Waals surface area contributed by atoms with Crippen molar-refractivity contribution in [1.29, 1.82) is 0 Å². The van der Waals surface area contributed by atoms with Crippen LogP contribution in [0.3, 0.4) is 0 Å². The van der Waals surface area contributed by atoms with E-state index in [0.29, 0.717) is 5.57 Å². The van der Waals surface area contributed by atoms with Crippen LogP contribution >= 0.6 is 23.2 Å². The summed E-state index contributed by atoms with van der Waals surface area (Å²) in [6.45, 7) is -0.459. The molecule has 3 fully saturated rings. The lowest BCUT2D eigenvalue weighted by Gasteiger charge is -2.49. The van der Waals surface area contributed by atoms with Crippen molar-refractivity contribution in [2.45, 2.75) is 35.1 Å². The third kappa shape index (κ3) is 4.06. The number of benzene rings is 2. The Hall–Kier alpha value is -3.81. The standard InChI is InChI=1S/C31H24BCl2FN2O8/c33-30-13-22-20(9-10-21-24(22)27(40)36(26(21)39)18-3-1-2-15(12-18)32(43)44)25(23-11-8-19(14-38)45-23)31(30,34)29(42)37(28(30)41)17-6-4-16(35)5-7-17/h1-9,11-12,21-22,24-25,38,43-44H,10,13-14H2/t21-,22+,24-,25+,30+,31-/m0/s1. The van der Waals surface area contributed by atoms with Crippen molar-refractivity contribution in [3.05, 3.63) is 89.7 Å². The lowest BCUT2D eigenvalue weighted by atomic mass is 9.57. The number of hydrogen-bond donors (Lipinski definition) is 3. The SMILES string of the molecule is O=C1[C@H]2[C@H](CC=C3[C@H]2C[C@@]2(Cl)C(=O)N(c4ccc(F)cc4)C(=O)[C@@]2(Cl)[C@H]3c2ccc(CO)o2)C(=O)N1c1cccc(B(O)O)c1. The molecule has 7 rings (SSSR count). The Morgan fingerprint density at radius 3 is 2.31 bits per heavy atom. The van der Waals surface area contributed by atoms with E-state index in [2.05, 4.69) is 0 Å². The second-order valence-electron chi connectivity index (χ2n) is 11.7. The number of anilines is 2. The first-order chi connectivity index (χ1) is 21.4. The number of allylic oxidation sites excluding steroid dienone is 2. The zero-order valence-electron chi connectivity index (χ0n) is 23.3. The summed E-state index contributed by atoms with van der Waals surface area (Å²) in [6.07, 6.45) is 1.56. The van der Waals surface area contributed by atoms with Gasteiger partial charge in [0.05, 0.1) is 29.1 Å². The van der Waals surface area contributed by atoms with Crippen LogP contribution in [0.2, 0.25) is 0 Å². The van der Waals surface area contributed by atoms with E-state index in [0.717, 1.165) is 21.9 Å². The minimum Gasteiger partial charge on any atom is -0.463 e. The number of furan rings is 1. The molecule has 3 N–H and O–H groups in total. The summed E-state index contributed by atoms with van der Waals surface area (Å²) in [7, 11) is -1.83. The maximum atomic E-state index is 14.3. The molecule has 3 heterocycles. The zero-order valence-corrected chi connectivity index (χ0v) is 24.8. The largest absolute Gasteiger partial charge is 0.488 e. The molecule has 45 heavy (non-hydrogen) atoms. The van der Waals surface area contributed by atoms with Crippen molar-refractivity contribution in [3.63, 3.8) is 0 Å². The number of rotatable bonds is 5. The number of amides is 4. The molecule has 2 aliphatic carbocycles. The van der Waals surface area contributed by atoms with Gasteiger partial charge in [-0.1, -0.05) is 23.8 Å². The van der Waals surface area contributed by atoms with Crippen LogP contribution < -0.4 is 15.3 Å². The van der Waals surface area contributed by atoms with E-state index in [4.69, 9.17) is 27.6 Å². The van der Waals surface area contributed by atoms with Crippen molar-refractivity contribution in [3.8, 4) is 0 Å². The molecular formula is C31H24BCl2FN2O8. The second kappa shape index (κ2) is 10.4. The minimum atomic E-state index is -2.16. The number of halogens is 3. The van der Waals surface area contributed by atoms with Crippen LogP contribution in [0.1, 0.15) is 30.3 Å². The average Bonchev–Trinajstić information content (AvgIpc) is 3.64.